The van der Waals surface area contributed by atoms with Crippen molar-refractivity contribution >= 4 is 24.5 Å². The van der Waals surface area contributed by atoms with E-state index in [0.29, 0.717) is 5.62 Å². The maximum Gasteiger partial charge on any atom is 0.237 e. The molecule has 82 valence electrons. The third-order valence-corrected chi connectivity index (χ3v) is 2.71. The molecule has 1 heterocycles. The predicted octanol–water partition coefficient (Wildman–Crippen LogP) is 2.17. The van der Waals surface area contributed by atoms with Gasteiger partial charge in [0.05, 0.1) is 5.69 Å². The van der Waals surface area contributed by atoms with Crippen molar-refractivity contribution in [1.29, 1.82) is 0 Å². The lowest BCUT2D eigenvalue weighted by Gasteiger charge is -1.90. The number of benzene rings is 1. The Kier molecular flexibility index (Phi) is 3.60. The molecule has 0 aliphatic rings. The molecule has 0 spiro atoms. The minimum absolute atomic E-state index is 0.676. The molecule has 0 aliphatic carbocycles. The van der Waals surface area contributed by atoms with Crippen molar-refractivity contribution in [3.8, 4) is 0 Å². The normalized spacial score (nSPS) is 10.9. The molecule has 7 heteroatoms. The molecule has 0 bridgehead atoms. The van der Waals surface area contributed by atoms with Gasteiger partial charge in [-0.15, -0.1) is 5.11 Å². The van der Waals surface area contributed by atoms with Crippen LogP contribution < -0.4 is 5.62 Å². The van der Waals surface area contributed by atoms with Gasteiger partial charge in [-0.2, -0.15) is 0 Å². The SMILES string of the molecule is Pn1ccn(P)c1=NN=Nc1ccccc1. The van der Waals surface area contributed by atoms with Crippen molar-refractivity contribution in [3.05, 3.63) is 48.3 Å². The highest BCUT2D eigenvalue weighted by Crippen LogP contribution is 2.09. The minimum Gasteiger partial charge on any atom is -0.300 e. The van der Waals surface area contributed by atoms with Gasteiger partial charge in [-0.3, -0.25) is 0 Å². The smallest absolute Gasteiger partial charge is 0.237 e. The molecule has 0 amide bonds. The number of hydrogen-bond acceptors (Lipinski definition) is 2. The first-order valence-corrected chi connectivity index (χ1v) is 5.60. The van der Waals surface area contributed by atoms with Crippen molar-refractivity contribution in [2.45, 2.75) is 0 Å². The second-order valence-electron chi connectivity index (χ2n) is 3.04. The highest BCUT2D eigenvalue weighted by Gasteiger charge is 1.91. The average Bonchev–Trinajstić information content (AvgIpc) is 2.62. The van der Waals surface area contributed by atoms with Crippen LogP contribution in [0.2, 0.25) is 0 Å². The summed E-state index contributed by atoms with van der Waals surface area (Å²) >= 11 is 0. The molecule has 2 rings (SSSR count). The predicted molar refractivity (Wildman–Crippen MR) is 69.2 cm³/mol. The fourth-order valence-corrected chi connectivity index (χ4v) is 1.78. The molecule has 1 aromatic heterocycles. The Balaban J connectivity index is 2.25. The van der Waals surface area contributed by atoms with E-state index in [9.17, 15) is 0 Å². The average molecular weight is 251 g/mol. The summed E-state index contributed by atoms with van der Waals surface area (Å²) in [6.45, 7) is 0. The molecule has 16 heavy (non-hydrogen) atoms. The Labute approximate surface area is 97.4 Å². The minimum atomic E-state index is 0.676. The summed E-state index contributed by atoms with van der Waals surface area (Å²) in [6, 6.07) is 9.48. The lowest BCUT2D eigenvalue weighted by Crippen LogP contribution is -2.14. The zero-order chi connectivity index (χ0) is 11.4. The van der Waals surface area contributed by atoms with Crippen LogP contribution >= 0.6 is 18.8 Å². The molecular weight excluding hydrogens is 240 g/mol. The Morgan fingerprint density at radius 3 is 2.19 bits per heavy atom. The zero-order valence-corrected chi connectivity index (χ0v) is 10.7. The molecule has 2 atom stereocenters. The van der Waals surface area contributed by atoms with Crippen LogP contribution in [-0.2, 0) is 0 Å². The second kappa shape index (κ2) is 5.15. The topological polar surface area (TPSA) is 46.9 Å². The highest BCUT2D eigenvalue weighted by molar-refractivity contribution is 7.15. The van der Waals surface area contributed by atoms with E-state index in [4.69, 9.17) is 0 Å². The Hall–Kier alpha value is -1.31. The molecule has 2 unspecified atom stereocenters. The first-order valence-electron chi connectivity index (χ1n) is 4.57. The number of aromatic nitrogens is 2. The quantitative estimate of drug-likeness (QED) is 0.446. The Bertz CT molecular complexity index is 532. The van der Waals surface area contributed by atoms with Crippen molar-refractivity contribution in [2.75, 3.05) is 0 Å². The van der Waals surface area contributed by atoms with Crippen molar-refractivity contribution < 1.29 is 0 Å². The summed E-state index contributed by atoms with van der Waals surface area (Å²) in [5.41, 5.74) is 1.46. The summed E-state index contributed by atoms with van der Waals surface area (Å²) in [4.78, 5) is 0. The molecule has 0 radical (unpaired) electrons. The van der Waals surface area contributed by atoms with Crippen LogP contribution in [0.15, 0.2) is 58.2 Å². The number of nitrogens with zero attached hydrogens (tertiary/aromatic N) is 5. The molecule has 5 nitrogen and oxygen atoms in total. The van der Waals surface area contributed by atoms with Crippen molar-refractivity contribution in [1.82, 2.24) is 8.68 Å². The lowest BCUT2D eigenvalue weighted by molar-refractivity contribution is 0.898. The van der Waals surface area contributed by atoms with Gasteiger partial charge in [0, 0.05) is 12.4 Å². The summed E-state index contributed by atoms with van der Waals surface area (Å²) in [7, 11) is 5.04. The highest BCUT2D eigenvalue weighted by atomic mass is 31.0. The molecule has 0 saturated carbocycles. The summed E-state index contributed by atoms with van der Waals surface area (Å²) < 4.78 is 3.55. The van der Waals surface area contributed by atoms with Gasteiger partial charge in [0.2, 0.25) is 5.62 Å². The third-order valence-electron chi connectivity index (χ3n) is 1.90. The van der Waals surface area contributed by atoms with E-state index in [1.165, 1.54) is 0 Å². The standard InChI is InChI=1S/C9H11N5P2/c15-13-6-7-14(16)9(13)11-12-10-8-4-2-1-3-5-8/h1-7H,15-16H2. The van der Waals surface area contributed by atoms with E-state index in [-0.39, 0.29) is 0 Å². The number of imidazole rings is 1. The van der Waals surface area contributed by atoms with Crippen LogP contribution in [0, 0.1) is 0 Å². The van der Waals surface area contributed by atoms with E-state index < -0.39 is 0 Å². The van der Waals surface area contributed by atoms with Gasteiger partial charge in [0.15, 0.2) is 0 Å². The maximum atomic E-state index is 4.00. The molecule has 2 aromatic rings. The van der Waals surface area contributed by atoms with E-state index in [0.717, 1.165) is 5.69 Å². The van der Waals surface area contributed by atoms with Gasteiger partial charge in [-0.25, -0.2) is 0 Å². The molecule has 0 N–H and O–H groups in total. The van der Waals surface area contributed by atoms with Gasteiger partial charge in [-0.1, -0.05) is 23.3 Å². The first kappa shape index (κ1) is 11.2. The zero-order valence-electron chi connectivity index (χ0n) is 8.43. The third kappa shape index (κ3) is 2.63. The van der Waals surface area contributed by atoms with E-state index in [1.807, 2.05) is 42.7 Å². The van der Waals surface area contributed by atoms with Crippen LogP contribution in [0.5, 0.6) is 0 Å². The Morgan fingerprint density at radius 2 is 1.56 bits per heavy atom. The fraction of sp³-hybridized carbons (Fsp3) is 0. The van der Waals surface area contributed by atoms with Crippen LogP contribution in [0.25, 0.3) is 0 Å². The van der Waals surface area contributed by atoms with Gasteiger partial charge < -0.3 is 8.68 Å². The van der Waals surface area contributed by atoms with Gasteiger partial charge in [0.1, 0.15) is 0 Å². The maximum absolute atomic E-state index is 4.00. The van der Waals surface area contributed by atoms with Gasteiger partial charge in [0.25, 0.3) is 0 Å². The Morgan fingerprint density at radius 1 is 0.938 bits per heavy atom. The van der Waals surface area contributed by atoms with Crippen molar-refractivity contribution in [2.24, 2.45) is 15.4 Å². The van der Waals surface area contributed by atoms with E-state index in [1.54, 1.807) is 8.68 Å². The van der Waals surface area contributed by atoms with E-state index >= 15 is 0 Å². The summed E-state index contributed by atoms with van der Waals surface area (Å²) in [5.74, 6) is 0. The van der Waals surface area contributed by atoms with E-state index in [2.05, 4.69) is 34.2 Å². The van der Waals surface area contributed by atoms with Gasteiger partial charge >= 0.3 is 0 Å². The van der Waals surface area contributed by atoms with Gasteiger partial charge in [-0.05, 0) is 36.1 Å². The molecule has 0 fully saturated rings. The number of hydrogen-bond donors (Lipinski definition) is 0. The molecule has 0 saturated heterocycles. The van der Waals surface area contributed by atoms with Crippen LogP contribution in [-0.4, -0.2) is 8.68 Å². The summed E-state index contributed by atoms with van der Waals surface area (Å²) in [6.07, 6.45) is 3.71. The van der Waals surface area contributed by atoms with Crippen LogP contribution in [0.1, 0.15) is 0 Å². The monoisotopic (exact) mass is 251 g/mol. The van der Waals surface area contributed by atoms with Crippen LogP contribution in [0.3, 0.4) is 0 Å². The fourth-order valence-electron chi connectivity index (χ4n) is 1.12. The molecule has 0 aliphatic heterocycles. The molecular formula is C9H11N5P2. The summed E-state index contributed by atoms with van der Waals surface area (Å²) in [5, 5.41) is 11.8. The van der Waals surface area contributed by atoms with Crippen molar-refractivity contribution in [3.63, 3.8) is 0 Å². The lowest BCUT2D eigenvalue weighted by atomic mass is 10.3. The number of rotatable bonds is 2. The second-order valence-corrected chi connectivity index (χ2v) is 4.15. The largest absolute Gasteiger partial charge is 0.300 e. The first-order chi connectivity index (χ1) is 7.77. The van der Waals surface area contributed by atoms with Crippen LogP contribution in [0.4, 0.5) is 5.69 Å². The molecule has 1 aromatic carbocycles.